The van der Waals surface area contributed by atoms with Crippen molar-refractivity contribution in [3.05, 3.63) is 77.7 Å². The lowest BCUT2D eigenvalue weighted by atomic mass is 9.91. The van der Waals surface area contributed by atoms with Crippen LogP contribution in [0, 0.1) is 5.41 Å². The maximum absolute atomic E-state index is 9.91. The minimum absolute atomic E-state index is 0.129. The lowest BCUT2D eigenvalue weighted by Crippen LogP contribution is -2.77. The van der Waals surface area contributed by atoms with E-state index in [-0.39, 0.29) is 5.75 Å². The summed E-state index contributed by atoms with van der Waals surface area (Å²) in [6.07, 6.45) is 7.14. The summed E-state index contributed by atoms with van der Waals surface area (Å²) in [5, 5.41) is 20.0. The fourth-order valence-electron chi connectivity index (χ4n) is 2.69. The number of benzene rings is 1. The maximum Gasteiger partial charge on any atom is 0.134 e. The Morgan fingerprint density at radius 2 is 1.92 bits per heavy atom. The van der Waals surface area contributed by atoms with Crippen molar-refractivity contribution in [2.45, 2.75) is 6.92 Å². The van der Waals surface area contributed by atoms with Gasteiger partial charge in [-0.15, -0.1) is 0 Å². The first-order valence-corrected chi connectivity index (χ1v) is 7.84. The van der Waals surface area contributed by atoms with Gasteiger partial charge in [-0.2, -0.15) is 0 Å². The highest BCUT2D eigenvalue weighted by atomic mass is 16.3. The molecular weight excluding hydrogens is 298 g/mol. The van der Waals surface area contributed by atoms with Gasteiger partial charge in [0.1, 0.15) is 11.4 Å². The molecule has 0 aliphatic heterocycles. The van der Waals surface area contributed by atoms with Gasteiger partial charge < -0.3 is 15.8 Å². The molecule has 4 nitrogen and oxygen atoms in total. The Morgan fingerprint density at radius 1 is 1.17 bits per heavy atom. The van der Waals surface area contributed by atoms with Gasteiger partial charge >= 0.3 is 0 Å². The molecule has 1 aromatic carbocycles. The first-order chi connectivity index (χ1) is 11.6. The van der Waals surface area contributed by atoms with E-state index in [0.29, 0.717) is 5.71 Å². The third-order valence-corrected chi connectivity index (χ3v) is 4.11. The molecule has 3 rings (SSSR count). The maximum atomic E-state index is 9.91. The second kappa shape index (κ2) is 6.64. The van der Waals surface area contributed by atoms with E-state index in [2.05, 4.69) is 4.98 Å². The van der Waals surface area contributed by atoms with Gasteiger partial charge in [0.15, 0.2) is 0 Å². The molecule has 1 heterocycles. The predicted octanol–water partition coefficient (Wildman–Crippen LogP) is 2.89. The molecule has 0 saturated heterocycles. The van der Waals surface area contributed by atoms with Gasteiger partial charge in [-0.25, -0.2) is 0 Å². The number of quaternary nitrogens is 1. The number of allylic oxidation sites excluding steroid dienone is 6. The van der Waals surface area contributed by atoms with Crippen LogP contribution < -0.4 is 5.32 Å². The van der Waals surface area contributed by atoms with Crippen LogP contribution >= 0.6 is 0 Å². The third kappa shape index (κ3) is 3.05. The Kier molecular flexibility index (Phi) is 4.40. The van der Waals surface area contributed by atoms with Crippen LogP contribution in [0.3, 0.4) is 0 Å². The van der Waals surface area contributed by atoms with Gasteiger partial charge in [-0.05, 0) is 23.8 Å². The minimum Gasteiger partial charge on any atom is -0.506 e. The van der Waals surface area contributed by atoms with Crippen LogP contribution in [0.1, 0.15) is 12.5 Å². The Balaban J connectivity index is 2.18. The van der Waals surface area contributed by atoms with E-state index in [1.54, 1.807) is 12.1 Å². The molecule has 24 heavy (non-hydrogen) atoms. The quantitative estimate of drug-likeness (QED) is 0.814. The summed E-state index contributed by atoms with van der Waals surface area (Å²) in [5.41, 5.74) is 6.02. The summed E-state index contributed by atoms with van der Waals surface area (Å²) >= 11 is 0. The van der Waals surface area contributed by atoms with Gasteiger partial charge in [-0.3, -0.25) is 4.98 Å². The molecular formula is C20H20N3O+. The Bertz CT molecular complexity index is 877. The van der Waals surface area contributed by atoms with Gasteiger partial charge in [0.25, 0.3) is 0 Å². The minimum atomic E-state index is 0.129. The van der Waals surface area contributed by atoms with Crippen LogP contribution in [0.15, 0.2) is 72.1 Å². The summed E-state index contributed by atoms with van der Waals surface area (Å²) in [5.74, 6) is 0.129. The molecule has 1 aromatic heterocycles. The summed E-state index contributed by atoms with van der Waals surface area (Å²) in [7, 11) is 1.97. The molecule has 1 aliphatic rings. The second-order valence-corrected chi connectivity index (χ2v) is 5.69. The van der Waals surface area contributed by atoms with Crippen molar-refractivity contribution >= 4 is 11.3 Å². The van der Waals surface area contributed by atoms with Crippen molar-refractivity contribution in [1.82, 2.24) is 4.98 Å². The number of rotatable bonds is 3. The zero-order valence-electron chi connectivity index (χ0n) is 13.7. The molecule has 0 spiro atoms. The largest absolute Gasteiger partial charge is 0.506 e. The van der Waals surface area contributed by atoms with Crippen LogP contribution in [0.25, 0.3) is 16.8 Å². The number of nitrogens with two attached hydrogens (primary N) is 1. The Morgan fingerprint density at radius 3 is 2.62 bits per heavy atom. The van der Waals surface area contributed by atoms with Gasteiger partial charge in [0, 0.05) is 18.1 Å². The highest BCUT2D eigenvalue weighted by molar-refractivity contribution is 6.13. The van der Waals surface area contributed by atoms with Crippen LogP contribution in [0.5, 0.6) is 5.75 Å². The topological polar surface area (TPSA) is 73.6 Å². The first kappa shape index (κ1) is 15.9. The van der Waals surface area contributed by atoms with Gasteiger partial charge in [-0.1, -0.05) is 36.4 Å². The number of nitrogens with zero attached hydrogens (tertiary/aromatic N) is 1. The molecule has 4 N–H and O–H groups in total. The highest BCUT2D eigenvalue weighted by Gasteiger charge is 2.17. The van der Waals surface area contributed by atoms with Crippen molar-refractivity contribution in [2.24, 2.45) is 0 Å². The first-order valence-electron chi connectivity index (χ1n) is 7.84. The standard InChI is InChI=1S/C20H19N3O/c1-13(22-2)17-10-15(8-9-19(17)21)18-11-16(24)12-23-20(18)14-6-4-3-5-7-14/h3-12,21-22,24H,1-2H3/p+1/b17-13-,21-19?. The van der Waals surface area contributed by atoms with Gasteiger partial charge in [0.05, 0.1) is 30.2 Å². The smallest absolute Gasteiger partial charge is 0.134 e. The highest BCUT2D eigenvalue weighted by Crippen LogP contribution is 2.32. The van der Waals surface area contributed by atoms with E-state index in [0.717, 1.165) is 33.7 Å². The molecule has 0 atom stereocenters. The van der Waals surface area contributed by atoms with Crippen LogP contribution in [-0.4, -0.2) is 22.8 Å². The number of hydrogen-bond acceptors (Lipinski definition) is 3. The third-order valence-electron chi connectivity index (χ3n) is 4.11. The monoisotopic (exact) mass is 318 g/mol. The fraction of sp³-hybridized carbons (Fsp3) is 0.100. The van der Waals surface area contributed by atoms with E-state index >= 15 is 0 Å². The number of nitrogens with one attached hydrogen (secondary N) is 1. The van der Waals surface area contributed by atoms with E-state index in [1.165, 1.54) is 6.20 Å². The summed E-state index contributed by atoms with van der Waals surface area (Å²) in [6, 6.07) is 11.6. The zero-order chi connectivity index (χ0) is 17.1. The fourth-order valence-corrected chi connectivity index (χ4v) is 2.69. The van der Waals surface area contributed by atoms with Crippen LogP contribution in [0.4, 0.5) is 0 Å². The lowest BCUT2D eigenvalue weighted by molar-refractivity contribution is -0.576. The van der Waals surface area contributed by atoms with Crippen molar-refractivity contribution in [3.8, 4) is 17.0 Å². The molecule has 0 fully saturated rings. The molecule has 0 saturated carbocycles. The molecule has 1 aliphatic carbocycles. The summed E-state index contributed by atoms with van der Waals surface area (Å²) in [6.45, 7) is 2.00. The number of hydrogen-bond donors (Lipinski definition) is 3. The van der Waals surface area contributed by atoms with Crippen molar-refractivity contribution in [2.75, 3.05) is 7.05 Å². The predicted molar refractivity (Wildman–Crippen MR) is 96.7 cm³/mol. The normalized spacial score (nSPS) is 16.1. The number of aromatic nitrogens is 1. The van der Waals surface area contributed by atoms with Crippen molar-refractivity contribution in [3.63, 3.8) is 0 Å². The van der Waals surface area contributed by atoms with Crippen LogP contribution in [-0.2, 0) is 0 Å². The Labute approximate surface area is 141 Å². The van der Waals surface area contributed by atoms with E-state index in [1.807, 2.05) is 61.8 Å². The van der Waals surface area contributed by atoms with Crippen molar-refractivity contribution in [1.29, 1.82) is 5.41 Å². The molecule has 0 amide bonds. The number of pyridine rings is 1. The average molecular weight is 318 g/mol. The summed E-state index contributed by atoms with van der Waals surface area (Å²) in [4.78, 5) is 4.43. The molecule has 4 heteroatoms. The van der Waals surface area contributed by atoms with Crippen molar-refractivity contribution < 1.29 is 10.4 Å². The van der Waals surface area contributed by atoms with Gasteiger partial charge in [0.2, 0.25) is 0 Å². The average Bonchev–Trinajstić information content (AvgIpc) is 2.62. The molecule has 0 radical (unpaired) electrons. The van der Waals surface area contributed by atoms with E-state index in [4.69, 9.17) is 5.41 Å². The molecule has 120 valence electrons. The van der Waals surface area contributed by atoms with Crippen LogP contribution in [0.2, 0.25) is 0 Å². The molecule has 2 aromatic rings. The Hall–Kier alpha value is -2.98. The lowest BCUT2D eigenvalue weighted by Gasteiger charge is -2.15. The molecule has 0 bridgehead atoms. The second-order valence-electron chi connectivity index (χ2n) is 5.69. The van der Waals surface area contributed by atoms with E-state index < -0.39 is 0 Å². The summed E-state index contributed by atoms with van der Waals surface area (Å²) < 4.78 is 0. The van der Waals surface area contributed by atoms with E-state index in [9.17, 15) is 5.11 Å². The molecule has 0 unspecified atom stereocenters. The SMILES string of the molecule is C[NH2+]/C(C)=C1/C=C(c2cc(O)cnc2-c2ccccc2)C=CC1=N. The zero-order valence-corrected chi connectivity index (χ0v) is 13.7. The number of aromatic hydroxyl groups is 1.